The van der Waals surface area contributed by atoms with Crippen LogP contribution in [-0.2, 0) is 14.9 Å². The zero-order chi connectivity index (χ0) is 27.4. The van der Waals surface area contributed by atoms with Gasteiger partial charge in [-0.3, -0.25) is 14.9 Å². The fourth-order valence-corrected chi connectivity index (χ4v) is 5.98. The summed E-state index contributed by atoms with van der Waals surface area (Å²) in [7, 11) is -4.32. The predicted molar refractivity (Wildman–Crippen MR) is 153 cm³/mol. The van der Waals surface area contributed by atoms with Crippen LogP contribution in [0.3, 0.4) is 0 Å². The first-order valence-corrected chi connectivity index (χ1v) is 14.4. The van der Waals surface area contributed by atoms with Gasteiger partial charge >= 0.3 is 10.1 Å². The van der Waals surface area contributed by atoms with Gasteiger partial charge in [0.15, 0.2) is 16.7 Å². The molecule has 1 saturated heterocycles. The van der Waals surface area contributed by atoms with E-state index in [0.717, 1.165) is 36.0 Å². The van der Waals surface area contributed by atoms with Gasteiger partial charge < -0.3 is 14.2 Å². The summed E-state index contributed by atoms with van der Waals surface area (Å²) in [4.78, 5) is 27.3. The fraction of sp³-hybridized carbons (Fsp3) is 0.0833. The molecule has 38 heavy (non-hydrogen) atoms. The Labute approximate surface area is 240 Å². The first-order valence-electron chi connectivity index (χ1n) is 10.8. The van der Waals surface area contributed by atoms with Crippen molar-refractivity contribution in [2.24, 2.45) is 4.99 Å². The van der Waals surface area contributed by atoms with E-state index in [1.807, 2.05) is 22.6 Å². The van der Waals surface area contributed by atoms with Crippen molar-refractivity contribution < 1.29 is 27.1 Å². The summed E-state index contributed by atoms with van der Waals surface area (Å²) >= 11 is 8.96. The summed E-state index contributed by atoms with van der Waals surface area (Å²) in [6.07, 6.45) is 1.63. The van der Waals surface area contributed by atoms with Gasteiger partial charge in [-0.1, -0.05) is 11.6 Å². The van der Waals surface area contributed by atoms with Crippen LogP contribution in [0.2, 0.25) is 5.02 Å². The van der Waals surface area contributed by atoms with E-state index in [2.05, 4.69) is 10.3 Å². The van der Waals surface area contributed by atoms with E-state index in [1.165, 1.54) is 0 Å². The van der Waals surface area contributed by atoms with Crippen LogP contribution >= 0.6 is 46.0 Å². The maximum Gasteiger partial charge on any atom is 0.339 e. The molecule has 196 valence electrons. The average Bonchev–Trinajstić information content (AvgIpc) is 3.21. The number of aliphatic imine (C=N–C) groups is 1. The van der Waals surface area contributed by atoms with Crippen LogP contribution < -0.4 is 14.2 Å². The topological polar surface area (TPSA) is 137 Å². The second-order valence-corrected chi connectivity index (χ2v) is 11.7. The molecule has 3 aromatic carbocycles. The standard InChI is InChI=1S/C24H17ClIN3O7S2/c1-2-35-20-12-14(13-21-23(30)28-24(37-21)27-16-5-3-15(25)4-6-16)11-19(26)22(20)36-38(33,34)18-9-7-17(8-10-18)29(31)32/h3-13H,2H2,1H3,(H,27,28,30)/b21-13+. The van der Waals surface area contributed by atoms with Crippen molar-refractivity contribution >= 4 is 84.6 Å². The number of hydrogen-bond donors (Lipinski definition) is 1. The lowest BCUT2D eigenvalue weighted by atomic mass is 10.2. The third kappa shape index (κ3) is 6.64. The van der Waals surface area contributed by atoms with Crippen molar-refractivity contribution in [1.29, 1.82) is 0 Å². The number of carbonyl (C=O) groups excluding carboxylic acids is 1. The Kier molecular flexibility index (Phi) is 8.60. The molecule has 0 unspecified atom stereocenters. The van der Waals surface area contributed by atoms with Gasteiger partial charge in [-0.25, -0.2) is 4.99 Å². The minimum absolute atomic E-state index is 0.0403. The largest absolute Gasteiger partial charge is 0.490 e. The van der Waals surface area contributed by atoms with Crippen molar-refractivity contribution in [2.45, 2.75) is 11.8 Å². The monoisotopic (exact) mass is 685 g/mol. The van der Waals surface area contributed by atoms with Gasteiger partial charge in [-0.05, 0) is 101 Å². The summed E-state index contributed by atoms with van der Waals surface area (Å²) in [5, 5.41) is 14.5. The molecule has 0 aromatic heterocycles. The van der Waals surface area contributed by atoms with Crippen LogP contribution in [0.4, 0.5) is 11.4 Å². The van der Waals surface area contributed by atoms with Gasteiger partial charge in [0.2, 0.25) is 0 Å². The number of carbonyl (C=O) groups is 1. The molecule has 1 aliphatic heterocycles. The summed E-state index contributed by atoms with van der Waals surface area (Å²) in [6.45, 7) is 1.95. The molecule has 1 fully saturated rings. The Morgan fingerprint density at radius 3 is 2.47 bits per heavy atom. The number of halogens is 2. The summed E-state index contributed by atoms with van der Waals surface area (Å²) in [5.74, 6) is -0.228. The lowest BCUT2D eigenvalue weighted by molar-refractivity contribution is -0.384. The lowest BCUT2D eigenvalue weighted by Gasteiger charge is -2.14. The Hall–Kier alpha value is -3.14. The van der Waals surface area contributed by atoms with Crippen LogP contribution in [0.1, 0.15) is 12.5 Å². The Morgan fingerprint density at radius 1 is 1.16 bits per heavy atom. The maximum absolute atomic E-state index is 12.9. The SMILES string of the molecule is CCOc1cc(/C=C2/SC(=Nc3ccc(Cl)cc3)NC2=O)cc(I)c1OS(=O)(=O)c1ccc([N+](=O)[O-])cc1. The number of hydrogen-bond acceptors (Lipinski definition) is 9. The van der Waals surface area contributed by atoms with E-state index in [1.54, 1.807) is 49.4 Å². The van der Waals surface area contributed by atoms with E-state index in [9.17, 15) is 23.3 Å². The van der Waals surface area contributed by atoms with Crippen LogP contribution in [0.5, 0.6) is 11.5 Å². The van der Waals surface area contributed by atoms with Crippen molar-refractivity contribution in [3.05, 3.63) is 89.8 Å². The number of rotatable bonds is 8. The molecule has 0 bridgehead atoms. The van der Waals surface area contributed by atoms with Gasteiger partial charge in [0, 0.05) is 17.2 Å². The number of nitrogens with zero attached hydrogens (tertiary/aromatic N) is 2. The molecule has 0 spiro atoms. The summed E-state index contributed by atoms with van der Waals surface area (Å²) in [6, 6.07) is 14.4. The van der Waals surface area contributed by atoms with Gasteiger partial charge in [0.05, 0.1) is 25.7 Å². The van der Waals surface area contributed by atoms with Crippen molar-refractivity contribution in [3.63, 3.8) is 0 Å². The number of amides is 1. The molecule has 1 aliphatic rings. The average molecular weight is 686 g/mol. The van der Waals surface area contributed by atoms with Crippen molar-refractivity contribution in [2.75, 3.05) is 6.61 Å². The highest BCUT2D eigenvalue weighted by Gasteiger charge is 2.26. The second kappa shape index (κ2) is 11.7. The molecule has 10 nitrogen and oxygen atoms in total. The van der Waals surface area contributed by atoms with E-state index in [-0.39, 0.29) is 34.6 Å². The highest BCUT2D eigenvalue weighted by Crippen LogP contribution is 2.38. The number of benzene rings is 3. The zero-order valence-electron chi connectivity index (χ0n) is 19.4. The molecule has 1 heterocycles. The zero-order valence-corrected chi connectivity index (χ0v) is 23.9. The number of ether oxygens (including phenoxy) is 1. The second-order valence-electron chi connectivity index (χ2n) is 7.51. The molecule has 1 amide bonds. The summed E-state index contributed by atoms with van der Waals surface area (Å²) in [5.41, 5.74) is 0.951. The number of non-ortho nitro benzene ring substituents is 1. The lowest BCUT2D eigenvalue weighted by Crippen LogP contribution is -2.19. The van der Waals surface area contributed by atoms with Gasteiger partial charge in [-0.15, -0.1) is 0 Å². The Bertz CT molecular complexity index is 1580. The Balaban J connectivity index is 1.61. The van der Waals surface area contributed by atoms with Crippen LogP contribution in [-0.4, -0.2) is 31.0 Å². The van der Waals surface area contributed by atoms with Crippen LogP contribution in [0.25, 0.3) is 6.08 Å². The maximum atomic E-state index is 12.9. The van der Waals surface area contributed by atoms with E-state index >= 15 is 0 Å². The number of nitrogens with one attached hydrogen (secondary N) is 1. The molecule has 0 aliphatic carbocycles. The number of thioether (sulfide) groups is 1. The smallest absolute Gasteiger partial charge is 0.339 e. The van der Waals surface area contributed by atoms with Gasteiger partial charge in [-0.2, -0.15) is 8.42 Å². The van der Waals surface area contributed by atoms with Crippen molar-refractivity contribution in [3.8, 4) is 11.5 Å². The fourth-order valence-electron chi connectivity index (χ4n) is 3.17. The van der Waals surface area contributed by atoms with E-state index in [0.29, 0.717) is 29.9 Å². The van der Waals surface area contributed by atoms with E-state index in [4.69, 9.17) is 20.5 Å². The van der Waals surface area contributed by atoms with Gasteiger partial charge in [0.1, 0.15) is 4.90 Å². The molecule has 14 heteroatoms. The van der Waals surface area contributed by atoms with Crippen LogP contribution in [0, 0.1) is 13.7 Å². The molecule has 4 rings (SSSR count). The molecular weight excluding hydrogens is 669 g/mol. The number of amidine groups is 1. The number of nitro groups is 1. The summed E-state index contributed by atoms with van der Waals surface area (Å²) < 4.78 is 37.1. The molecule has 3 aromatic rings. The van der Waals surface area contributed by atoms with Gasteiger partial charge in [0.25, 0.3) is 11.6 Å². The molecule has 0 atom stereocenters. The van der Waals surface area contributed by atoms with Crippen LogP contribution in [0.15, 0.2) is 75.5 Å². The quantitative estimate of drug-likeness (QED) is 0.102. The molecule has 0 radical (unpaired) electrons. The highest BCUT2D eigenvalue weighted by molar-refractivity contribution is 14.1. The highest BCUT2D eigenvalue weighted by atomic mass is 127. The predicted octanol–water partition coefficient (Wildman–Crippen LogP) is 5.91. The first kappa shape index (κ1) is 27.9. The molecule has 1 N–H and O–H groups in total. The normalized spacial score (nSPS) is 15.5. The minimum Gasteiger partial charge on any atom is -0.490 e. The number of nitro benzene ring substituents is 1. The molecule has 0 saturated carbocycles. The van der Waals surface area contributed by atoms with E-state index < -0.39 is 15.0 Å². The minimum atomic E-state index is -4.32. The molecular formula is C24H17ClIN3O7S2. The third-order valence-corrected chi connectivity index (χ3v) is 8.07. The third-order valence-electron chi connectivity index (χ3n) is 4.87. The Morgan fingerprint density at radius 2 is 1.84 bits per heavy atom. The van der Waals surface area contributed by atoms with Crippen molar-refractivity contribution in [1.82, 2.24) is 5.32 Å². The first-order chi connectivity index (χ1) is 18.1.